The summed E-state index contributed by atoms with van der Waals surface area (Å²) < 4.78 is 10.8. The summed E-state index contributed by atoms with van der Waals surface area (Å²) in [6.45, 7) is 4.97. The third-order valence-corrected chi connectivity index (χ3v) is 3.65. The Morgan fingerprint density at radius 1 is 1.35 bits per heavy atom. The van der Waals surface area contributed by atoms with E-state index in [0.717, 1.165) is 35.3 Å². The van der Waals surface area contributed by atoms with Crippen LogP contribution in [0.4, 0.5) is 0 Å². The number of nitrogens with one attached hydrogen (secondary N) is 1. The van der Waals surface area contributed by atoms with Crippen LogP contribution in [0.5, 0.6) is 5.75 Å². The number of thiazole rings is 1. The SMILES string of the molecule is COCCNCc1cccc(OCc2cnc(C)s2)c1. The number of methoxy groups -OCH3 is 1. The van der Waals surface area contributed by atoms with Crippen LogP contribution >= 0.6 is 11.3 Å². The smallest absolute Gasteiger partial charge is 0.124 e. The van der Waals surface area contributed by atoms with Gasteiger partial charge in [-0.05, 0) is 24.6 Å². The number of aryl methyl sites for hydroxylation is 1. The first kappa shape index (κ1) is 15.0. The Labute approximate surface area is 123 Å². The molecule has 0 aliphatic heterocycles. The zero-order valence-electron chi connectivity index (χ0n) is 11.9. The molecule has 0 unspecified atom stereocenters. The molecule has 108 valence electrons. The largest absolute Gasteiger partial charge is 0.488 e. The van der Waals surface area contributed by atoms with E-state index in [2.05, 4.69) is 22.4 Å². The number of hydrogen-bond donors (Lipinski definition) is 1. The Balaban J connectivity index is 1.82. The van der Waals surface area contributed by atoms with Crippen LogP contribution in [0.25, 0.3) is 0 Å². The standard InChI is InChI=1S/C15H20N2O2S/c1-12-17-10-15(20-12)11-19-14-5-3-4-13(8-14)9-16-6-7-18-2/h3-5,8,10,16H,6-7,9,11H2,1-2H3. The Hall–Kier alpha value is -1.43. The van der Waals surface area contributed by atoms with Gasteiger partial charge in [-0.3, -0.25) is 0 Å². The normalized spacial score (nSPS) is 10.7. The summed E-state index contributed by atoms with van der Waals surface area (Å²) in [5.74, 6) is 0.891. The van der Waals surface area contributed by atoms with Gasteiger partial charge in [-0.15, -0.1) is 11.3 Å². The first-order valence-electron chi connectivity index (χ1n) is 6.60. The molecule has 5 heteroatoms. The molecule has 1 aromatic heterocycles. The summed E-state index contributed by atoms with van der Waals surface area (Å²) in [4.78, 5) is 5.37. The number of nitrogens with zero attached hydrogens (tertiary/aromatic N) is 1. The van der Waals surface area contributed by atoms with Gasteiger partial charge in [0.15, 0.2) is 0 Å². The van der Waals surface area contributed by atoms with Crippen LogP contribution in [0, 0.1) is 6.92 Å². The van der Waals surface area contributed by atoms with Crippen LogP contribution in [0.15, 0.2) is 30.5 Å². The molecule has 1 N–H and O–H groups in total. The minimum absolute atomic E-state index is 0.575. The minimum atomic E-state index is 0.575. The summed E-state index contributed by atoms with van der Waals surface area (Å²) in [6.07, 6.45) is 1.87. The zero-order chi connectivity index (χ0) is 14.2. The molecule has 1 aromatic carbocycles. The zero-order valence-corrected chi connectivity index (χ0v) is 12.7. The topological polar surface area (TPSA) is 43.4 Å². The fourth-order valence-electron chi connectivity index (χ4n) is 1.78. The van der Waals surface area contributed by atoms with Crippen molar-refractivity contribution in [3.63, 3.8) is 0 Å². The molecule has 2 aromatic rings. The number of aromatic nitrogens is 1. The lowest BCUT2D eigenvalue weighted by Crippen LogP contribution is -2.18. The quantitative estimate of drug-likeness (QED) is 0.760. The maximum Gasteiger partial charge on any atom is 0.124 e. The fraction of sp³-hybridized carbons (Fsp3) is 0.400. The summed E-state index contributed by atoms with van der Waals surface area (Å²) >= 11 is 1.67. The molecule has 2 rings (SSSR count). The van der Waals surface area contributed by atoms with Crippen molar-refractivity contribution in [2.45, 2.75) is 20.1 Å². The van der Waals surface area contributed by atoms with E-state index >= 15 is 0 Å². The van der Waals surface area contributed by atoms with Crippen molar-refractivity contribution in [1.29, 1.82) is 0 Å². The molecular weight excluding hydrogens is 272 g/mol. The van der Waals surface area contributed by atoms with Gasteiger partial charge < -0.3 is 14.8 Å². The van der Waals surface area contributed by atoms with Gasteiger partial charge in [0.1, 0.15) is 12.4 Å². The lowest BCUT2D eigenvalue weighted by atomic mass is 10.2. The molecule has 0 aliphatic rings. The minimum Gasteiger partial charge on any atom is -0.488 e. The molecule has 1 heterocycles. The third-order valence-electron chi connectivity index (χ3n) is 2.76. The maximum absolute atomic E-state index is 5.79. The molecule has 0 atom stereocenters. The first-order chi connectivity index (χ1) is 9.78. The monoisotopic (exact) mass is 292 g/mol. The van der Waals surface area contributed by atoms with Crippen molar-refractivity contribution >= 4 is 11.3 Å². The second-order valence-electron chi connectivity index (χ2n) is 4.45. The molecule has 0 fully saturated rings. The van der Waals surface area contributed by atoms with Crippen molar-refractivity contribution in [3.8, 4) is 5.75 Å². The van der Waals surface area contributed by atoms with E-state index < -0.39 is 0 Å². The Morgan fingerprint density at radius 2 is 2.25 bits per heavy atom. The molecular formula is C15H20N2O2S. The van der Waals surface area contributed by atoms with Crippen LogP contribution < -0.4 is 10.1 Å². The Bertz CT molecular complexity index is 528. The molecule has 0 radical (unpaired) electrons. The van der Waals surface area contributed by atoms with Crippen molar-refractivity contribution in [1.82, 2.24) is 10.3 Å². The molecule has 0 saturated carbocycles. The number of rotatable bonds is 8. The van der Waals surface area contributed by atoms with Gasteiger partial charge >= 0.3 is 0 Å². The summed E-state index contributed by atoms with van der Waals surface area (Å²) in [7, 11) is 1.71. The number of hydrogen-bond acceptors (Lipinski definition) is 5. The van der Waals surface area contributed by atoms with Crippen molar-refractivity contribution in [2.24, 2.45) is 0 Å². The molecule has 20 heavy (non-hydrogen) atoms. The molecule has 0 saturated heterocycles. The van der Waals surface area contributed by atoms with E-state index in [-0.39, 0.29) is 0 Å². The summed E-state index contributed by atoms with van der Waals surface area (Å²) in [5.41, 5.74) is 1.21. The number of benzene rings is 1. The van der Waals surface area contributed by atoms with Crippen molar-refractivity contribution in [2.75, 3.05) is 20.3 Å². The molecule has 4 nitrogen and oxygen atoms in total. The lowest BCUT2D eigenvalue weighted by Gasteiger charge is -2.08. The van der Waals surface area contributed by atoms with Crippen LogP contribution in [-0.4, -0.2) is 25.2 Å². The maximum atomic E-state index is 5.79. The second kappa shape index (κ2) is 7.99. The third kappa shape index (κ3) is 4.92. The Morgan fingerprint density at radius 3 is 3.00 bits per heavy atom. The summed E-state index contributed by atoms with van der Waals surface area (Å²) in [5, 5.41) is 4.39. The highest BCUT2D eigenvalue weighted by Crippen LogP contribution is 2.17. The highest BCUT2D eigenvalue weighted by atomic mass is 32.1. The van der Waals surface area contributed by atoms with E-state index in [1.165, 1.54) is 5.56 Å². The van der Waals surface area contributed by atoms with E-state index in [4.69, 9.17) is 9.47 Å². The van der Waals surface area contributed by atoms with Crippen molar-refractivity contribution < 1.29 is 9.47 Å². The molecule has 0 spiro atoms. The lowest BCUT2D eigenvalue weighted by molar-refractivity contribution is 0.199. The molecule has 0 amide bonds. The van der Waals surface area contributed by atoms with E-state index in [1.54, 1.807) is 18.4 Å². The average Bonchev–Trinajstić information content (AvgIpc) is 2.88. The van der Waals surface area contributed by atoms with E-state index in [9.17, 15) is 0 Å². The van der Waals surface area contributed by atoms with E-state index in [0.29, 0.717) is 6.61 Å². The molecule has 0 bridgehead atoms. The van der Waals surface area contributed by atoms with Gasteiger partial charge in [-0.2, -0.15) is 0 Å². The van der Waals surface area contributed by atoms with Gasteiger partial charge in [-0.25, -0.2) is 4.98 Å². The summed E-state index contributed by atoms with van der Waals surface area (Å²) in [6, 6.07) is 8.14. The van der Waals surface area contributed by atoms with Crippen LogP contribution in [0.3, 0.4) is 0 Å². The van der Waals surface area contributed by atoms with Crippen molar-refractivity contribution in [3.05, 3.63) is 45.9 Å². The van der Waals surface area contributed by atoms with Gasteiger partial charge in [0.2, 0.25) is 0 Å². The number of ether oxygens (including phenoxy) is 2. The highest BCUT2D eigenvalue weighted by Gasteiger charge is 2.01. The second-order valence-corrected chi connectivity index (χ2v) is 5.77. The van der Waals surface area contributed by atoms with Gasteiger partial charge in [-0.1, -0.05) is 12.1 Å². The van der Waals surface area contributed by atoms with Gasteiger partial charge in [0.25, 0.3) is 0 Å². The Kier molecular flexibility index (Phi) is 5.98. The predicted octanol–water partition coefficient (Wildman–Crippen LogP) is 2.77. The fourth-order valence-corrected chi connectivity index (χ4v) is 2.49. The molecule has 0 aliphatic carbocycles. The predicted molar refractivity (Wildman–Crippen MR) is 81.2 cm³/mol. The van der Waals surface area contributed by atoms with E-state index in [1.807, 2.05) is 25.3 Å². The first-order valence-corrected chi connectivity index (χ1v) is 7.42. The van der Waals surface area contributed by atoms with Crippen LogP contribution in [0.1, 0.15) is 15.4 Å². The van der Waals surface area contributed by atoms with Crippen LogP contribution in [-0.2, 0) is 17.9 Å². The van der Waals surface area contributed by atoms with Gasteiger partial charge in [0.05, 0.1) is 16.5 Å². The van der Waals surface area contributed by atoms with Gasteiger partial charge in [0, 0.05) is 26.4 Å². The van der Waals surface area contributed by atoms with Crippen LogP contribution in [0.2, 0.25) is 0 Å². The average molecular weight is 292 g/mol. The highest BCUT2D eigenvalue weighted by molar-refractivity contribution is 7.11.